The van der Waals surface area contributed by atoms with Crippen molar-refractivity contribution in [1.29, 1.82) is 0 Å². The summed E-state index contributed by atoms with van der Waals surface area (Å²) in [6, 6.07) is 0. The van der Waals surface area contributed by atoms with E-state index in [1.165, 1.54) is 0 Å². The number of ether oxygens (including phenoxy) is 1. The van der Waals surface area contributed by atoms with Crippen LogP contribution in [0, 0.1) is 0 Å². The SMILES string of the molecule is CCn1ccn(CC2CO2)c1=O. The smallest absolute Gasteiger partial charge is 0.328 e. The Morgan fingerprint density at radius 1 is 1.58 bits per heavy atom. The van der Waals surface area contributed by atoms with E-state index in [0.29, 0.717) is 6.54 Å². The molecule has 1 unspecified atom stereocenters. The fourth-order valence-electron chi connectivity index (χ4n) is 1.23. The summed E-state index contributed by atoms with van der Waals surface area (Å²) in [5.74, 6) is 0. The molecule has 4 nitrogen and oxygen atoms in total. The van der Waals surface area contributed by atoms with Gasteiger partial charge in [0.05, 0.1) is 19.3 Å². The van der Waals surface area contributed by atoms with Gasteiger partial charge in [0.2, 0.25) is 0 Å². The van der Waals surface area contributed by atoms with E-state index in [-0.39, 0.29) is 11.8 Å². The van der Waals surface area contributed by atoms with Crippen LogP contribution >= 0.6 is 0 Å². The van der Waals surface area contributed by atoms with Gasteiger partial charge < -0.3 is 4.74 Å². The van der Waals surface area contributed by atoms with Crippen molar-refractivity contribution in [1.82, 2.24) is 9.13 Å². The lowest BCUT2D eigenvalue weighted by Gasteiger charge is -1.95. The highest BCUT2D eigenvalue weighted by atomic mass is 16.6. The lowest BCUT2D eigenvalue weighted by atomic mass is 10.5. The summed E-state index contributed by atoms with van der Waals surface area (Å²) < 4.78 is 8.42. The van der Waals surface area contributed by atoms with Gasteiger partial charge >= 0.3 is 5.69 Å². The van der Waals surface area contributed by atoms with Gasteiger partial charge in [0, 0.05) is 18.9 Å². The molecule has 1 aromatic rings. The van der Waals surface area contributed by atoms with Crippen LogP contribution in [-0.2, 0) is 17.8 Å². The second kappa shape index (κ2) is 2.79. The number of rotatable bonds is 3. The van der Waals surface area contributed by atoms with Gasteiger partial charge in [0.15, 0.2) is 0 Å². The van der Waals surface area contributed by atoms with E-state index in [1.807, 2.05) is 19.3 Å². The highest BCUT2D eigenvalue weighted by Crippen LogP contribution is 2.09. The third-order valence-electron chi connectivity index (χ3n) is 2.06. The zero-order valence-electron chi connectivity index (χ0n) is 7.06. The van der Waals surface area contributed by atoms with Crippen LogP contribution in [0.5, 0.6) is 0 Å². The van der Waals surface area contributed by atoms with Crippen LogP contribution in [0.15, 0.2) is 17.2 Å². The highest BCUT2D eigenvalue weighted by molar-refractivity contribution is 4.83. The lowest BCUT2D eigenvalue weighted by molar-refractivity contribution is 0.379. The van der Waals surface area contributed by atoms with Gasteiger partial charge in [0.25, 0.3) is 0 Å². The number of aromatic nitrogens is 2. The fraction of sp³-hybridized carbons (Fsp3) is 0.625. The van der Waals surface area contributed by atoms with E-state index in [9.17, 15) is 4.79 Å². The Hall–Kier alpha value is -1.03. The second-order valence-electron chi connectivity index (χ2n) is 2.97. The Morgan fingerprint density at radius 3 is 2.75 bits per heavy atom. The van der Waals surface area contributed by atoms with Crippen LogP contribution in [0.2, 0.25) is 0 Å². The van der Waals surface area contributed by atoms with Crippen molar-refractivity contribution < 1.29 is 4.74 Å². The molecule has 66 valence electrons. The summed E-state index contributed by atoms with van der Waals surface area (Å²) >= 11 is 0. The maximum Gasteiger partial charge on any atom is 0.328 e. The monoisotopic (exact) mass is 168 g/mol. The molecule has 1 aromatic heterocycles. The molecule has 1 atom stereocenters. The van der Waals surface area contributed by atoms with Crippen LogP contribution in [0.1, 0.15) is 6.92 Å². The first-order valence-electron chi connectivity index (χ1n) is 4.18. The molecule has 0 spiro atoms. The van der Waals surface area contributed by atoms with Crippen LogP contribution in [-0.4, -0.2) is 21.8 Å². The molecule has 0 aliphatic carbocycles. The topological polar surface area (TPSA) is 39.5 Å². The average Bonchev–Trinajstić information content (AvgIpc) is 2.80. The predicted octanol–water partition coefficient (Wildman–Crippen LogP) is 0.0685. The molecular formula is C8H12N2O2. The molecule has 1 aliphatic rings. The molecule has 1 saturated heterocycles. The van der Waals surface area contributed by atoms with Crippen molar-refractivity contribution in [2.45, 2.75) is 26.1 Å². The van der Waals surface area contributed by atoms with E-state index in [4.69, 9.17) is 4.74 Å². The van der Waals surface area contributed by atoms with Crippen molar-refractivity contribution in [3.05, 3.63) is 22.9 Å². The molecule has 1 aliphatic heterocycles. The van der Waals surface area contributed by atoms with Crippen molar-refractivity contribution in [2.24, 2.45) is 0 Å². The van der Waals surface area contributed by atoms with Crippen molar-refractivity contribution in [3.63, 3.8) is 0 Å². The van der Waals surface area contributed by atoms with E-state index in [1.54, 1.807) is 9.13 Å². The van der Waals surface area contributed by atoms with Gasteiger partial charge in [-0.2, -0.15) is 0 Å². The van der Waals surface area contributed by atoms with Gasteiger partial charge in [0.1, 0.15) is 0 Å². The van der Waals surface area contributed by atoms with Gasteiger partial charge in [-0.3, -0.25) is 9.13 Å². The van der Waals surface area contributed by atoms with Crippen molar-refractivity contribution in [3.8, 4) is 0 Å². The molecule has 0 saturated carbocycles. The summed E-state index contributed by atoms with van der Waals surface area (Å²) in [6.07, 6.45) is 3.90. The van der Waals surface area contributed by atoms with E-state index in [2.05, 4.69) is 0 Å². The third-order valence-corrected chi connectivity index (χ3v) is 2.06. The van der Waals surface area contributed by atoms with Gasteiger partial charge in [-0.25, -0.2) is 4.79 Å². The van der Waals surface area contributed by atoms with Gasteiger partial charge in [-0.15, -0.1) is 0 Å². The molecule has 0 amide bonds. The standard InChI is InChI=1S/C8H12N2O2/c1-2-9-3-4-10(8(9)11)5-7-6-12-7/h3-4,7H,2,5-6H2,1H3. The van der Waals surface area contributed by atoms with Crippen LogP contribution in [0.25, 0.3) is 0 Å². The minimum absolute atomic E-state index is 0.0630. The van der Waals surface area contributed by atoms with Crippen LogP contribution in [0.3, 0.4) is 0 Å². The third kappa shape index (κ3) is 1.30. The van der Waals surface area contributed by atoms with Gasteiger partial charge in [-0.05, 0) is 6.92 Å². The first-order chi connectivity index (χ1) is 5.81. The van der Waals surface area contributed by atoms with E-state index < -0.39 is 0 Å². The van der Waals surface area contributed by atoms with E-state index >= 15 is 0 Å². The molecule has 1 fully saturated rings. The number of hydrogen-bond donors (Lipinski definition) is 0. The first-order valence-corrected chi connectivity index (χ1v) is 4.18. The molecule has 0 radical (unpaired) electrons. The van der Waals surface area contributed by atoms with E-state index in [0.717, 1.165) is 13.2 Å². The maximum atomic E-state index is 11.4. The molecule has 0 aromatic carbocycles. The zero-order valence-corrected chi connectivity index (χ0v) is 7.06. The van der Waals surface area contributed by atoms with Crippen molar-refractivity contribution in [2.75, 3.05) is 6.61 Å². The molecule has 0 N–H and O–H groups in total. The Morgan fingerprint density at radius 2 is 2.25 bits per heavy atom. The Kier molecular flexibility index (Phi) is 1.77. The normalized spacial score (nSPS) is 21.2. The van der Waals surface area contributed by atoms with Gasteiger partial charge in [-0.1, -0.05) is 0 Å². The highest BCUT2D eigenvalue weighted by Gasteiger charge is 2.23. The fourth-order valence-corrected chi connectivity index (χ4v) is 1.23. The predicted molar refractivity (Wildman–Crippen MR) is 44.1 cm³/mol. The Bertz CT molecular complexity index is 322. The maximum absolute atomic E-state index is 11.4. The molecule has 2 heterocycles. The quantitative estimate of drug-likeness (QED) is 0.599. The average molecular weight is 168 g/mol. The number of imidazole rings is 1. The van der Waals surface area contributed by atoms with Crippen LogP contribution in [0.4, 0.5) is 0 Å². The van der Waals surface area contributed by atoms with Crippen LogP contribution < -0.4 is 5.69 Å². The summed E-state index contributed by atoms with van der Waals surface area (Å²) in [4.78, 5) is 11.4. The summed E-state index contributed by atoms with van der Waals surface area (Å²) in [5, 5.41) is 0. The molecule has 4 heteroatoms. The minimum Gasteiger partial charge on any atom is -0.371 e. The van der Waals surface area contributed by atoms with Crippen molar-refractivity contribution >= 4 is 0 Å². The first kappa shape index (κ1) is 7.61. The molecular weight excluding hydrogens is 156 g/mol. The minimum atomic E-state index is 0.0630. The largest absolute Gasteiger partial charge is 0.371 e. The zero-order chi connectivity index (χ0) is 8.55. The summed E-state index contributed by atoms with van der Waals surface area (Å²) in [7, 11) is 0. The molecule has 2 rings (SSSR count). The molecule has 0 bridgehead atoms. The number of epoxide rings is 1. The summed E-state index contributed by atoms with van der Waals surface area (Å²) in [6.45, 7) is 4.19. The number of nitrogens with zero attached hydrogens (tertiary/aromatic N) is 2. The Balaban J connectivity index is 2.19. The lowest BCUT2D eigenvalue weighted by Crippen LogP contribution is -2.24. The Labute approximate surface area is 70.4 Å². The summed E-state index contributed by atoms with van der Waals surface area (Å²) in [5.41, 5.74) is 0.0630. The number of hydrogen-bond acceptors (Lipinski definition) is 2. The second-order valence-corrected chi connectivity index (χ2v) is 2.97. The number of aryl methyl sites for hydroxylation is 1. The molecule has 12 heavy (non-hydrogen) atoms.